The van der Waals surface area contributed by atoms with Gasteiger partial charge in [-0.05, 0) is 18.2 Å². The number of benzene rings is 1. The summed E-state index contributed by atoms with van der Waals surface area (Å²) in [7, 11) is 0. The molecule has 0 fully saturated rings. The molecule has 0 spiro atoms. The predicted octanol–water partition coefficient (Wildman–Crippen LogP) is 2.48. The highest BCUT2D eigenvalue weighted by molar-refractivity contribution is 5.96. The molecule has 0 saturated carbocycles. The van der Waals surface area contributed by atoms with Crippen molar-refractivity contribution in [2.75, 3.05) is 18.5 Å². The van der Waals surface area contributed by atoms with Gasteiger partial charge in [0.25, 0.3) is 5.69 Å². The summed E-state index contributed by atoms with van der Waals surface area (Å²) in [5.74, 6) is -0.775. The van der Waals surface area contributed by atoms with Crippen molar-refractivity contribution in [3.8, 4) is 6.07 Å². The van der Waals surface area contributed by atoms with Crippen molar-refractivity contribution in [1.82, 2.24) is 4.40 Å². The van der Waals surface area contributed by atoms with E-state index in [-0.39, 0.29) is 31.0 Å². The average Bonchev–Trinajstić information content (AvgIpc) is 3.07. The maximum absolute atomic E-state index is 12.6. The van der Waals surface area contributed by atoms with Crippen LogP contribution in [0.2, 0.25) is 0 Å². The fourth-order valence-corrected chi connectivity index (χ4v) is 2.80. The minimum absolute atomic E-state index is 0.0232. The molecule has 28 heavy (non-hydrogen) atoms. The summed E-state index contributed by atoms with van der Waals surface area (Å²) in [6, 6.07) is 11.3. The Balaban J connectivity index is 1.86. The van der Waals surface area contributed by atoms with Crippen molar-refractivity contribution >= 4 is 22.9 Å². The molecular weight excluding hydrogens is 364 g/mol. The molecule has 1 aromatic carbocycles. The Labute approximate surface area is 159 Å². The first-order valence-corrected chi connectivity index (χ1v) is 8.34. The molecular formula is C19H16N4O5. The number of fused-ring (bicyclic) bond motifs is 1. The van der Waals surface area contributed by atoms with Crippen LogP contribution in [-0.2, 0) is 11.3 Å². The largest absolute Gasteiger partial charge is 0.457 e. The molecule has 3 aromatic rings. The SMILES string of the molecule is N#Cc1c(COC(=O)c2cc([N+](=O)[O-])ccc2NCCO)cn2ccccc12. The average molecular weight is 380 g/mol. The van der Waals surface area contributed by atoms with Crippen LogP contribution >= 0.6 is 0 Å². The van der Waals surface area contributed by atoms with Crippen molar-refractivity contribution in [2.24, 2.45) is 0 Å². The van der Waals surface area contributed by atoms with Gasteiger partial charge in [0.05, 0.1) is 28.2 Å². The summed E-state index contributed by atoms with van der Waals surface area (Å²) in [6.07, 6.45) is 3.47. The lowest BCUT2D eigenvalue weighted by atomic mass is 10.1. The maximum Gasteiger partial charge on any atom is 0.340 e. The molecule has 2 heterocycles. The number of anilines is 1. The van der Waals surface area contributed by atoms with Crippen molar-refractivity contribution in [2.45, 2.75) is 6.61 Å². The van der Waals surface area contributed by atoms with Crippen LogP contribution in [0.4, 0.5) is 11.4 Å². The van der Waals surface area contributed by atoms with E-state index in [1.165, 1.54) is 12.1 Å². The van der Waals surface area contributed by atoms with Gasteiger partial charge in [0.15, 0.2) is 0 Å². The quantitative estimate of drug-likeness (QED) is 0.366. The first-order valence-electron chi connectivity index (χ1n) is 8.34. The van der Waals surface area contributed by atoms with Crippen LogP contribution in [0.1, 0.15) is 21.5 Å². The number of nitro groups is 1. The van der Waals surface area contributed by atoms with Gasteiger partial charge >= 0.3 is 5.97 Å². The predicted molar refractivity (Wildman–Crippen MR) is 99.9 cm³/mol. The standard InChI is InChI=1S/C19H16N4O5/c20-10-16-13(11-22-7-2-1-3-18(16)22)12-28-19(25)15-9-14(23(26)27)4-5-17(15)21-6-8-24/h1-5,7,9,11,21,24H,6,8,12H2. The molecule has 9 nitrogen and oxygen atoms in total. The zero-order valence-electron chi connectivity index (χ0n) is 14.7. The summed E-state index contributed by atoms with van der Waals surface area (Å²) >= 11 is 0. The molecule has 9 heteroatoms. The van der Waals surface area contributed by atoms with E-state index in [0.717, 1.165) is 6.07 Å². The number of nitriles is 1. The fraction of sp³-hybridized carbons (Fsp3) is 0.158. The van der Waals surface area contributed by atoms with E-state index >= 15 is 0 Å². The fourth-order valence-electron chi connectivity index (χ4n) is 2.80. The van der Waals surface area contributed by atoms with Gasteiger partial charge in [0, 0.05) is 42.3 Å². The van der Waals surface area contributed by atoms with Gasteiger partial charge in [-0.2, -0.15) is 5.26 Å². The van der Waals surface area contributed by atoms with Gasteiger partial charge in [-0.3, -0.25) is 10.1 Å². The van der Waals surface area contributed by atoms with Crippen LogP contribution < -0.4 is 5.32 Å². The molecule has 0 unspecified atom stereocenters. The van der Waals surface area contributed by atoms with Crippen LogP contribution in [0.3, 0.4) is 0 Å². The minimum Gasteiger partial charge on any atom is -0.457 e. The molecule has 0 aliphatic rings. The normalized spacial score (nSPS) is 10.4. The third-order valence-electron chi connectivity index (χ3n) is 4.09. The van der Waals surface area contributed by atoms with Crippen molar-refractivity contribution in [1.29, 1.82) is 5.26 Å². The molecule has 0 atom stereocenters. The number of nitrogens with zero attached hydrogens (tertiary/aromatic N) is 3. The van der Waals surface area contributed by atoms with Gasteiger partial charge in [0.1, 0.15) is 12.7 Å². The second-order valence-corrected chi connectivity index (χ2v) is 5.85. The van der Waals surface area contributed by atoms with Gasteiger partial charge < -0.3 is 19.6 Å². The zero-order valence-corrected chi connectivity index (χ0v) is 14.7. The molecule has 3 rings (SSSR count). The number of carbonyl (C=O) groups excluding carboxylic acids is 1. The zero-order chi connectivity index (χ0) is 20.1. The molecule has 142 valence electrons. The minimum atomic E-state index is -0.775. The smallest absolute Gasteiger partial charge is 0.340 e. The lowest BCUT2D eigenvalue weighted by Gasteiger charge is -2.11. The molecule has 0 aliphatic carbocycles. The number of rotatable bonds is 7. The maximum atomic E-state index is 12.6. The summed E-state index contributed by atoms with van der Waals surface area (Å²) in [5.41, 5.74) is 1.64. The lowest BCUT2D eigenvalue weighted by molar-refractivity contribution is -0.384. The molecule has 0 amide bonds. The van der Waals surface area contributed by atoms with Crippen molar-refractivity contribution < 1.29 is 19.6 Å². The number of nitrogens with one attached hydrogen (secondary N) is 1. The number of nitro benzene ring substituents is 1. The molecule has 2 N–H and O–H groups in total. The lowest BCUT2D eigenvalue weighted by Crippen LogP contribution is -2.13. The number of aliphatic hydroxyl groups excluding tert-OH is 1. The summed E-state index contributed by atoms with van der Waals surface area (Å²) in [4.78, 5) is 23.0. The van der Waals surface area contributed by atoms with Crippen molar-refractivity contribution in [3.05, 3.63) is 75.6 Å². The Morgan fingerprint density at radius 3 is 2.89 bits per heavy atom. The Morgan fingerprint density at radius 2 is 2.18 bits per heavy atom. The highest BCUT2D eigenvalue weighted by atomic mass is 16.6. The number of non-ortho nitro benzene ring substituents is 1. The Bertz CT molecular complexity index is 1080. The van der Waals surface area contributed by atoms with Gasteiger partial charge in [-0.15, -0.1) is 0 Å². The first-order chi connectivity index (χ1) is 13.5. The van der Waals surface area contributed by atoms with Crippen LogP contribution in [-0.4, -0.2) is 33.6 Å². The van der Waals surface area contributed by atoms with E-state index in [9.17, 15) is 20.2 Å². The third kappa shape index (κ3) is 3.77. The number of esters is 1. The monoisotopic (exact) mass is 380 g/mol. The second kappa shape index (κ2) is 8.20. The molecule has 0 bridgehead atoms. The summed E-state index contributed by atoms with van der Waals surface area (Å²) < 4.78 is 7.07. The second-order valence-electron chi connectivity index (χ2n) is 5.85. The number of ether oxygens (including phenoxy) is 1. The number of pyridine rings is 1. The highest BCUT2D eigenvalue weighted by Gasteiger charge is 2.19. The van der Waals surface area contributed by atoms with Gasteiger partial charge in [-0.1, -0.05) is 6.07 Å². The molecule has 2 aromatic heterocycles. The summed E-state index contributed by atoms with van der Waals surface area (Å²) in [6.45, 7) is -0.165. The Morgan fingerprint density at radius 1 is 1.36 bits per heavy atom. The van der Waals surface area contributed by atoms with Crippen LogP contribution in [0, 0.1) is 21.4 Å². The third-order valence-corrected chi connectivity index (χ3v) is 4.09. The van der Waals surface area contributed by atoms with Crippen molar-refractivity contribution in [3.63, 3.8) is 0 Å². The first kappa shape index (κ1) is 18.9. The molecule has 0 aliphatic heterocycles. The van der Waals surface area contributed by atoms with Crippen LogP contribution in [0.5, 0.6) is 0 Å². The number of carbonyl (C=O) groups is 1. The van der Waals surface area contributed by atoms with E-state index in [0.29, 0.717) is 22.3 Å². The molecule has 0 radical (unpaired) electrons. The van der Waals surface area contributed by atoms with E-state index < -0.39 is 10.9 Å². The number of hydrogen-bond donors (Lipinski definition) is 2. The number of aromatic nitrogens is 1. The van der Waals surface area contributed by atoms with Crippen LogP contribution in [0.15, 0.2) is 48.8 Å². The molecule has 0 saturated heterocycles. The van der Waals surface area contributed by atoms with Crippen LogP contribution in [0.25, 0.3) is 5.52 Å². The van der Waals surface area contributed by atoms with Gasteiger partial charge in [0.2, 0.25) is 0 Å². The van der Waals surface area contributed by atoms with E-state index in [1.54, 1.807) is 28.9 Å². The van der Waals surface area contributed by atoms with E-state index in [2.05, 4.69) is 11.4 Å². The summed E-state index contributed by atoms with van der Waals surface area (Å²) in [5, 5.41) is 32.2. The highest BCUT2D eigenvalue weighted by Crippen LogP contribution is 2.24. The topological polar surface area (TPSA) is 130 Å². The Hall–Kier alpha value is -3.90. The Kier molecular flexibility index (Phi) is 5.53. The van der Waals surface area contributed by atoms with E-state index in [1.807, 2.05) is 6.07 Å². The number of hydrogen-bond acceptors (Lipinski definition) is 7. The van der Waals surface area contributed by atoms with E-state index in [4.69, 9.17) is 9.84 Å². The van der Waals surface area contributed by atoms with Gasteiger partial charge in [-0.25, -0.2) is 4.79 Å². The number of aliphatic hydroxyl groups is 1.